The number of hydrogen-bond donors (Lipinski definition) is 0. The van der Waals surface area contributed by atoms with Crippen molar-refractivity contribution < 1.29 is 17.9 Å². The third-order valence-electron chi connectivity index (χ3n) is 6.81. The van der Waals surface area contributed by atoms with Crippen LogP contribution in [0.2, 0.25) is 0 Å². The van der Waals surface area contributed by atoms with E-state index < -0.39 is 27.8 Å². The standard InChI is InChI=1S/C27H26F3OS/c1-18(2)26(15-7-8-16-26)31-23-17-19(13-14-22(23)27(28,29)30)32-24-11-5-3-9-20(24)21-10-4-6-12-25(21)32/h3-6,9-14,17-18H,7-8,15-16H2,1-2H3/q+1. The number of rotatable bonds is 4. The van der Waals surface area contributed by atoms with Crippen LogP contribution in [0.15, 0.2) is 66.7 Å². The van der Waals surface area contributed by atoms with Crippen molar-refractivity contribution in [2.75, 3.05) is 0 Å². The van der Waals surface area contributed by atoms with E-state index in [0.29, 0.717) is 0 Å². The summed E-state index contributed by atoms with van der Waals surface area (Å²) < 4.78 is 50.5. The van der Waals surface area contributed by atoms with Crippen molar-refractivity contribution in [3.8, 4) is 10.6 Å². The maximum atomic E-state index is 14.0. The van der Waals surface area contributed by atoms with Gasteiger partial charge >= 0.3 is 6.18 Å². The molecule has 3 aromatic carbocycles. The van der Waals surface area contributed by atoms with E-state index >= 15 is 0 Å². The summed E-state index contributed by atoms with van der Waals surface area (Å²) in [5.74, 6) is 0.116. The average Bonchev–Trinajstić information content (AvgIpc) is 3.36. The Kier molecular flexibility index (Phi) is 5.20. The van der Waals surface area contributed by atoms with Crippen LogP contribution >= 0.6 is 10.5 Å². The Morgan fingerprint density at radius 1 is 0.844 bits per heavy atom. The molecule has 5 heteroatoms. The smallest absolute Gasteiger partial charge is 0.419 e. The zero-order valence-electron chi connectivity index (χ0n) is 18.2. The van der Waals surface area contributed by atoms with Gasteiger partial charge in [0.2, 0.25) is 0 Å². The first-order chi connectivity index (χ1) is 15.3. The Balaban J connectivity index is 1.73. The Hall–Kier alpha value is -2.53. The second-order valence-corrected chi connectivity index (χ2v) is 10.9. The fourth-order valence-corrected chi connectivity index (χ4v) is 7.44. The van der Waals surface area contributed by atoms with Crippen LogP contribution in [0.1, 0.15) is 45.1 Å². The lowest BCUT2D eigenvalue weighted by atomic mass is 9.88. The highest BCUT2D eigenvalue weighted by Gasteiger charge is 2.43. The second-order valence-electron chi connectivity index (χ2n) is 8.98. The van der Waals surface area contributed by atoms with Gasteiger partial charge in [0.25, 0.3) is 0 Å². The number of ether oxygens (including phenoxy) is 1. The minimum Gasteiger partial charge on any atom is -0.486 e. The van der Waals surface area contributed by atoms with Crippen LogP contribution in [0.3, 0.4) is 0 Å². The van der Waals surface area contributed by atoms with Crippen molar-refractivity contribution in [2.45, 2.75) is 51.3 Å². The number of alkyl halides is 3. The SMILES string of the molecule is CC(C)C1(Oc2cc(-[s+]3c4ccccc4c4ccccc43)ccc2C(F)(F)F)CCCC1. The molecule has 166 valence electrons. The number of hydrogen-bond acceptors (Lipinski definition) is 1. The molecule has 4 aromatic rings. The van der Waals surface area contributed by atoms with Crippen LogP contribution < -0.4 is 4.74 Å². The lowest BCUT2D eigenvalue weighted by molar-refractivity contribution is -0.140. The number of thiophene rings is 1. The summed E-state index contributed by atoms with van der Waals surface area (Å²) in [5.41, 5.74) is -1.22. The van der Waals surface area contributed by atoms with Gasteiger partial charge in [-0.1, -0.05) is 38.1 Å². The molecule has 1 aliphatic rings. The zero-order chi connectivity index (χ0) is 22.5. The van der Waals surface area contributed by atoms with Crippen molar-refractivity contribution in [1.82, 2.24) is 0 Å². The Labute approximate surface area is 188 Å². The van der Waals surface area contributed by atoms with Gasteiger partial charge in [-0.05, 0) is 68.0 Å². The van der Waals surface area contributed by atoms with Gasteiger partial charge in [-0.3, -0.25) is 0 Å². The van der Waals surface area contributed by atoms with E-state index in [1.165, 1.54) is 6.07 Å². The van der Waals surface area contributed by atoms with Crippen molar-refractivity contribution in [1.29, 1.82) is 0 Å². The predicted octanol–water partition coefficient (Wildman–Crippen LogP) is 9.10. The Morgan fingerprint density at radius 3 is 1.94 bits per heavy atom. The van der Waals surface area contributed by atoms with Crippen LogP contribution in [0, 0.1) is 5.92 Å². The van der Waals surface area contributed by atoms with E-state index in [2.05, 4.69) is 24.3 Å². The molecule has 0 N–H and O–H groups in total. The summed E-state index contributed by atoms with van der Waals surface area (Å²) in [6, 6.07) is 20.9. The summed E-state index contributed by atoms with van der Waals surface area (Å²) in [6.07, 6.45) is -0.888. The number of benzene rings is 3. The molecular weight excluding hydrogens is 429 g/mol. The highest BCUT2D eigenvalue weighted by atomic mass is 32.2. The van der Waals surface area contributed by atoms with Gasteiger partial charge in [0, 0.05) is 27.3 Å². The molecular formula is C27H26F3OS+. The fourth-order valence-electron chi connectivity index (χ4n) is 5.04. The van der Waals surface area contributed by atoms with Gasteiger partial charge in [-0.15, -0.1) is 0 Å². The molecule has 0 saturated heterocycles. The van der Waals surface area contributed by atoms with Gasteiger partial charge < -0.3 is 4.74 Å². The molecule has 1 saturated carbocycles. The van der Waals surface area contributed by atoms with Gasteiger partial charge in [0.15, 0.2) is 14.3 Å². The van der Waals surface area contributed by atoms with Crippen LogP contribution in [-0.4, -0.2) is 5.60 Å². The molecule has 0 radical (unpaired) electrons. The summed E-state index contributed by atoms with van der Waals surface area (Å²) in [6.45, 7) is 4.10. The summed E-state index contributed by atoms with van der Waals surface area (Å²) in [4.78, 5) is 0.863. The monoisotopic (exact) mass is 455 g/mol. The fraction of sp³-hybridized carbons (Fsp3) is 0.333. The van der Waals surface area contributed by atoms with Gasteiger partial charge in [-0.25, -0.2) is 0 Å². The van der Waals surface area contributed by atoms with Crippen LogP contribution in [0.4, 0.5) is 13.2 Å². The van der Waals surface area contributed by atoms with Crippen molar-refractivity contribution in [2.24, 2.45) is 5.92 Å². The summed E-state index contributed by atoms with van der Waals surface area (Å²) in [7, 11) is -0.461. The molecule has 1 heterocycles. The van der Waals surface area contributed by atoms with Crippen molar-refractivity contribution >= 4 is 30.6 Å². The largest absolute Gasteiger partial charge is 0.486 e. The normalized spacial score (nSPS) is 16.3. The van der Waals surface area contributed by atoms with E-state index in [1.807, 2.05) is 38.1 Å². The van der Waals surface area contributed by atoms with E-state index in [0.717, 1.165) is 50.8 Å². The maximum Gasteiger partial charge on any atom is 0.419 e. The molecule has 1 fully saturated rings. The first kappa shape index (κ1) is 21.3. The lowest BCUT2D eigenvalue weighted by Crippen LogP contribution is -2.39. The Bertz CT molecular complexity index is 1230. The van der Waals surface area contributed by atoms with E-state index in [4.69, 9.17) is 4.74 Å². The average molecular weight is 456 g/mol. The molecule has 1 aromatic heterocycles. The van der Waals surface area contributed by atoms with Crippen LogP contribution in [0.5, 0.6) is 5.75 Å². The first-order valence-electron chi connectivity index (χ1n) is 11.1. The minimum absolute atomic E-state index is 0.0278. The van der Waals surface area contributed by atoms with E-state index in [9.17, 15) is 13.2 Å². The summed E-state index contributed by atoms with van der Waals surface area (Å²) >= 11 is 0. The number of halogens is 3. The van der Waals surface area contributed by atoms with Gasteiger partial charge in [0.05, 0.1) is 5.56 Å². The molecule has 5 rings (SSSR count). The van der Waals surface area contributed by atoms with E-state index in [-0.39, 0.29) is 11.7 Å². The molecule has 0 aliphatic heterocycles. The molecule has 0 unspecified atom stereocenters. The number of fused-ring (bicyclic) bond motifs is 3. The molecule has 0 atom stereocenters. The van der Waals surface area contributed by atoms with Gasteiger partial charge in [0.1, 0.15) is 11.4 Å². The quantitative estimate of drug-likeness (QED) is 0.279. The first-order valence-corrected chi connectivity index (χ1v) is 12.4. The molecule has 32 heavy (non-hydrogen) atoms. The van der Waals surface area contributed by atoms with Crippen molar-refractivity contribution in [3.63, 3.8) is 0 Å². The third kappa shape index (κ3) is 3.47. The molecule has 1 nitrogen and oxygen atoms in total. The highest BCUT2D eigenvalue weighted by molar-refractivity contribution is 7.50. The summed E-state index contributed by atoms with van der Waals surface area (Å²) in [5, 5.41) is 2.31. The molecule has 0 spiro atoms. The van der Waals surface area contributed by atoms with Crippen molar-refractivity contribution in [3.05, 3.63) is 72.3 Å². The molecule has 0 amide bonds. The molecule has 1 aliphatic carbocycles. The topological polar surface area (TPSA) is 9.23 Å². The minimum atomic E-state index is -4.46. The predicted molar refractivity (Wildman–Crippen MR) is 127 cm³/mol. The zero-order valence-corrected chi connectivity index (χ0v) is 19.0. The molecule has 0 bridgehead atoms. The highest BCUT2D eigenvalue weighted by Crippen LogP contribution is 2.51. The van der Waals surface area contributed by atoms with Gasteiger partial charge in [-0.2, -0.15) is 13.2 Å². The lowest BCUT2D eigenvalue weighted by Gasteiger charge is -2.35. The third-order valence-corrected chi connectivity index (χ3v) is 9.13. The maximum absolute atomic E-state index is 14.0. The van der Waals surface area contributed by atoms with E-state index in [1.54, 1.807) is 12.1 Å². The Morgan fingerprint density at radius 2 is 1.41 bits per heavy atom. The van der Waals surface area contributed by atoms with Crippen LogP contribution in [-0.2, 0) is 6.18 Å². The van der Waals surface area contributed by atoms with Crippen LogP contribution in [0.25, 0.3) is 25.1 Å². The second kappa shape index (κ2) is 7.80.